The van der Waals surface area contributed by atoms with Crippen LogP contribution in [0.4, 0.5) is 0 Å². The average Bonchev–Trinajstić information content (AvgIpc) is 3.35. The van der Waals surface area contributed by atoms with E-state index in [2.05, 4.69) is 26.0 Å². The molecular weight excluding hydrogens is 930 g/mol. The molecule has 2 atom stereocenters. The number of esters is 2. The molecule has 434 valence electrons. The summed E-state index contributed by atoms with van der Waals surface area (Å²) in [5, 5.41) is 0. The van der Waals surface area contributed by atoms with Crippen LogP contribution in [0.2, 0.25) is 0 Å². The summed E-state index contributed by atoms with van der Waals surface area (Å²) in [6.07, 6.45) is 66.2. The molecule has 0 heterocycles. The maximum atomic E-state index is 12.7. The lowest BCUT2D eigenvalue weighted by atomic mass is 10.0. The van der Waals surface area contributed by atoms with E-state index in [1.165, 1.54) is 244 Å². The van der Waals surface area contributed by atoms with Crippen molar-refractivity contribution in [2.75, 3.05) is 47.5 Å². The number of likely N-dealkylation sites (N-methyl/N-ethyl adjacent to an activating group) is 1. The van der Waals surface area contributed by atoms with E-state index in [1.54, 1.807) is 0 Å². The summed E-state index contributed by atoms with van der Waals surface area (Å²) in [6.45, 7) is 4.46. The number of unbranched alkanes of at least 4 members (excludes halogenated alkanes) is 44. The van der Waals surface area contributed by atoms with Crippen LogP contribution in [0, 0.1) is 0 Å². The Balaban J connectivity index is 3.85. The van der Waals surface area contributed by atoms with Gasteiger partial charge in [-0.05, 0) is 38.5 Å². The van der Waals surface area contributed by atoms with Gasteiger partial charge in [-0.25, -0.2) is 4.57 Å². The van der Waals surface area contributed by atoms with E-state index in [1.807, 2.05) is 21.1 Å². The number of allylic oxidation sites excluding steroid dienone is 2. The predicted octanol–water partition coefficient (Wildman–Crippen LogP) is 20.0. The Bertz CT molecular complexity index is 1240. The fourth-order valence-electron chi connectivity index (χ4n) is 9.60. The Kier molecular flexibility index (Phi) is 54.6. The largest absolute Gasteiger partial charge is 0.472 e. The first-order valence-electron chi connectivity index (χ1n) is 31.9. The molecule has 0 aliphatic heterocycles. The number of carbonyl (C=O) groups is 2. The van der Waals surface area contributed by atoms with E-state index < -0.39 is 26.5 Å². The summed E-state index contributed by atoms with van der Waals surface area (Å²) in [7, 11) is 1.49. The van der Waals surface area contributed by atoms with Gasteiger partial charge in [0, 0.05) is 12.8 Å². The zero-order chi connectivity index (χ0) is 53.5. The molecule has 73 heavy (non-hydrogen) atoms. The number of rotatable bonds is 60. The van der Waals surface area contributed by atoms with Crippen molar-refractivity contribution in [1.29, 1.82) is 0 Å². The number of hydrogen-bond donors (Lipinski definition) is 1. The van der Waals surface area contributed by atoms with Gasteiger partial charge in [0.2, 0.25) is 0 Å². The van der Waals surface area contributed by atoms with Crippen molar-refractivity contribution in [3.8, 4) is 0 Å². The number of quaternary nitrogens is 1. The molecule has 0 aliphatic rings. The molecule has 0 aromatic carbocycles. The first-order chi connectivity index (χ1) is 35.5. The second-order valence-electron chi connectivity index (χ2n) is 23.2. The van der Waals surface area contributed by atoms with Crippen LogP contribution in [0.5, 0.6) is 0 Å². The van der Waals surface area contributed by atoms with Crippen molar-refractivity contribution in [1.82, 2.24) is 0 Å². The van der Waals surface area contributed by atoms with Gasteiger partial charge in [0.15, 0.2) is 6.10 Å². The third-order valence-electron chi connectivity index (χ3n) is 14.5. The number of hydrogen-bond acceptors (Lipinski definition) is 7. The molecule has 0 radical (unpaired) electrons. The normalized spacial score (nSPS) is 13.2. The lowest BCUT2D eigenvalue weighted by Crippen LogP contribution is -2.37. The van der Waals surface area contributed by atoms with Crippen molar-refractivity contribution in [3.63, 3.8) is 0 Å². The second-order valence-corrected chi connectivity index (χ2v) is 24.6. The van der Waals surface area contributed by atoms with Crippen LogP contribution in [-0.2, 0) is 32.7 Å². The fourth-order valence-corrected chi connectivity index (χ4v) is 10.3. The predicted molar refractivity (Wildman–Crippen MR) is 312 cm³/mol. The smallest absolute Gasteiger partial charge is 0.462 e. The van der Waals surface area contributed by atoms with Gasteiger partial charge < -0.3 is 18.9 Å². The van der Waals surface area contributed by atoms with E-state index in [9.17, 15) is 19.0 Å². The van der Waals surface area contributed by atoms with Crippen molar-refractivity contribution in [2.45, 2.75) is 335 Å². The molecule has 2 unspecified atom stereocenters. The zero-order valence-electron chi connectivity index (χ0n) is 49.4. The van der Waals surface area contributed by atoms with Gasteiger partial charge in [-0.1, -0.05) is 289 Å². The maximum absolute atomic E-state index is 12.7. The van der Waals surface area contributed by atoms with Gasteiger partial charge in [-0.3, -0.25) is 18.6 Å². The summed E-state index contributed by atoms with van der Waals surface area (Å²) in [5.41, 5.74) is 0. The summed E-state index contributed by atoms with van der Waals surface area (Å²) < 4.78 is 34.5. The van der Waals surface area contributed by atoms with Gasteiger partial charge in [0.05, 0.1) is 27.7 Å². The van der Waals surface area contributed by atoms with Crippen LogP contribution in [-0.4, -0.2) is 74.9 Å². The minimum atomic E-state index is -4.38. The molecule has 0 spiro atoms. The van der Waals surface area contributed by atoms with Crippen LogP contribution in [0.3, 0.4) is 0 Å². The minimum Gasteiger partial charge on any atom is -0.462 e. The fraction of sp³-hybridized carbons (Fsp3) is 0.937. The molecule has 0 fully saturated rings. The van der Waals surface area contributed by atoms with Crippen molar-refractivity contribution < 1.29 is 42.1 Å². The quantitative estimate of drug-likeness (QED) is 0.0211. The Morgan fingerprint density at radius 3 is 1.03 bits per heavy atom. The first kappa shape index (κ1) is 71.8. The topological polar surface area (TPSA) is 108 Å². The SMILES string of the molecule is CCCCCC/C=C\CCCCCCCC(=O)OC(COC(=O)CCCCCCCCCCCCCCCCCCCCCCCCCCCCCCCCCCCCCC)COP(=O)(O)OCC[N+](C)(C)C. The number of carbonyl (C=O) groups excluding carboxylic acids is 2. The van der Waals surface area contributed by atoms with E-state index in [0.29, 0.717) is 23.9 Å². The molecule has 9 nitrogen and oxygen atoms in total. The van der Waals surface area contributed by atoms with Crippen LogP contribution in [0.15, 0.2) is 12.2 Å². The highest BCUT2D eigenvalue weighted by atomic mass is 31.2. The Labute approximate surface area is 454 Å². The standard InChI is InChI=1S/C63H124NO8P/c1-6-8-10-12-14-16-18-20-21-22-23-24-25-26-27-28-29-30-31-32-33-34-35-36-37-38-39-40-41-42-44-45-47-49-51-53-55-62(65)69-59-61(60-71-73(67,68)70-58-57-64(3,4)5)72-63(66)56-54-52-50-48-46-43-19-17-15-13-11-9-7-2/h17,19,61H,6-16,18,20-60H2,1-5H3/p+1/b19-17-. The number of ether oxygens (including phenoxy) is 2. The molecular formula is C63H125NO8P+. The van der Waals surface area contributed by atoms with Crippen molar-refractivity contribution in [3.05, 3.63) is 12.2 Å². The lowest BCUT2D eigenvalue weighted by Gasteiger charge is -2.24. The molecule has 0 aliphatic carbocycles. The van der Waals surface area contributed by atoms with E-state index in [-0.39, 0.29) is 25.6 Å². The third-order valence-corrected chi connectivity index (χ3v) is 15.5. The summed E-state index contributed by atoms with van der Waals surface area (Å²) in [6, 6.07) is 0. The molecule has 0 bridgehead atoms. The van der Waals surface area contributed by atoms with Crippen LogP contribution in [0.1, 0.15) is 328 Å². The van der Waals surface area contributed by atoms with Gasteiger partial charge >= 0.3 is 19.8 Å². The van der Waals surface area contributed by atoms with Gasteiger partial charge in [0.1, 0.15) is 19.8 Å². The van der Waals surface area contributed by atoms with Crippen molar-refractivity contribution in [2.24, 2.45) is 0 Å². The van der Waals surface area contributed by atoms with Gasteiger partial charge in [0.25, 0.3) is 0 Å². The van der Waals surface area contributed by atoms with Gasteiger partial charge in [-0.2, -0.15) is 0 Å². The molecule has 0 saturated carbocycles. The maximum Gasteiger partial charge on any atom is 0.472 e. The highest BCUT2D eigenvalue weighted by Gasteiger charge is 2.27. The average molecular weight is 1060 g/mol. The molecule has 0 aromatic heterocycles. The number of phosphoric ester groups is 1. The molecule has 10 heteroatoms. The summed E-state index contributed by atoms with van der Waals surface area (Å²) >= 11 is 0. The molecule has 0 amide bonds. The highest BCUT2D eigenvalue weighted by Crippen LogP contribution is 2.43. The second kappa shape index (κ2) is 55.5. The molecule has 0 rings (SSSR count). The number of nitrogens with zero attached hydrogens (tertiary/aromatic N) is 1. The van der Waals surface area contributed by atoms with Crippen LogP contribution >= 0.6 is 7.82 Å². The zero-order valence-corrected chi connectivity index (χ0v) is 50.3. The summed E-state index contributed by atoms with van der Waals surface area (Å²) in [4.78, 5) is 35.6. The number of phosphoric acid groups is 1. The lowest BCUT2D eigenvalue weighted by molar-refractivity contribution is -0.870. The Hall–Kier alpha value is -1.25. The highest BCUT2D eigenvalue weighted by molar-refractivity contribution is 7.47. The summed E-state index contributed by atoms with van der Waals surface area (Å²) in [5.74, 6) is -0.791. The van der Waals surface area contributed by atoms with Crippen LogP contribution < -0.4 is 0 Å². The van der Waals surface area contributed by atoms with Gasteiger partial charge in [-0.15, -0.1) is 0 Å². The Morgan fingerprint density at radius 1 is 0.411 bits per heavy atom. The van der Waals surface area contributed by atoms with E-state index >= 15 is 0 Å². The monoisotopic (exact) mass is 1050 g/mol. The minimum absolute atomic E-state index is 0.0336. The van der Waals surface area contributed by atoms with Crippen molar-refractivity contribution >= 4 is 19.8 Å². The van der Waals surface area contributed by atoms with Crippen LogP contribution in [0.25, 0.3) is 0 Å². The van der Waals surface area contributed by atoms with E-state index in [4.69, 9.17) is 18.5 Å². The molecule has 1 N–H and O–H groups in total. The third kappa shape index (κ3) is 59.8. The Morgan fingerprint density at radius 2 is 0.699 bits per heavy atom. The first-order valence-corrected chi connectivity index (χ1v) is 33.4. The van der Waals surface area contributed by atoms with E-state index in [0.717, 1.165) is 51.4 Å². The molecule has 0 saturated heterocycles. The molecule has 0 aromatic rings.